The van der Waals surface area contributed by atoms with Gasteiger partial charge >= 0.3 is 0 Å². The van der Waals surface area contributed by atoms with Gasteiger partial charge in [0.05, 0.1) is 0 Å². The van der Waals surface area contributed by atoms with Gasteiger partial charge in [0.1, 0.15) is 6.29 Å². The molecule has 0 saturated carbocycles. The van der Waals surface area contributed by atoms with Crippen LogP contribution in [0.4, 0.5) is 0 Å². The molecule has 0 aliphatic rings. The molecule has 0 aromatic carbocycles. The minimum absolute atomic E-state index is 0.750. The Balaban J connectivity index is 3.68. The van der Waals surface area contributed by atoms with Crippen molar-refractivity contribution in [3.8, 4) is 0 Å². The van der Waals surface area contributed by atoms with E-state index in [1.165, 1.54) is 6.08 Å². The maximum atomic E-state index is 9.85. The Morgan fingerprint density at radius 2 is 1.00 bits per heavy atom. The van der Waals surface area contributed by atoms with Crippen molar-refractivity contribution in [3.05, 3.63) is 60.8 Å². The summed E-state index contributed by atoms with van der Waals surface area (Å²) >= 11 is 0. The number of carbonyl (C=O) groups is 1. The minimum Gasteiger partial charge on any atom is -0.299 e. The lowest BCUT2D eigenvalue weighted by molar-refractivity contribution is -0.104. The number of carbonyl (C=O) groups excluding carboxylic acids is 1. The first kappa shape index (κ1) is 11.4. The summed E-state index contributed by atoms with van der Waals surface area (Å²) in [5.41, 5.74) is 0. The Labute approximate surface area is 79.5 Å². The van der Waals surface area contributed by atoms with Crippen molar-refractivity contribution in [2.75, 3.05) is 0 Å². The summed E-state index contributed by atoms with van der Waals surface area (Å²) in [6, 6.07) is 0. The molecule has 0 aromatic rings. The molecule has 0 aliphatic heterocycles. The lowest BCUT2D eigenvalue weighted by atomic mass is 10.4. The van der Waals surface area contributed by atoms with E-state index in [4.69, 9.17) is 0 Å². The highest BCUT2D eigenvalue weighted by molar-refractivity contribution is 5.65. The largest absolute Gasteiger partial charge is 0.299 e. The van der Waals surface area contributed by atoms with Crippen LogP contribution in [0, 0.1) is 0 Å². The molecule has 0 atom stereocenters. The van der Waals surface area contributed by atoms with Crippen LogP contribution in [-0.2, 0) is 4.79 Å². The Kier molecular flexibility index (Phi) is 9.07. The summed E-state index contributed by atoms with van der Waals surface area (Å²) in [7, 11) is 0. The predicted octanol–water partition coefficient (Wildman–Crippen LogP) is 2.99. The summed E-state index contributed by atoms with van der Waals surface area (Å²) in [4.78, 5) is 9.85. The maximum absolute atomic E-state index is 9.85. The smallest absolute Gasteiger partial charge is 0.142 e. The minimum atomic E-state index is 0.750. The zero-order valence-corrected chi connectivity index (χ0v) is 7.76. The second-order valence-corrected chi connectivity index (χ2v) is 2.20. The van der Waals surface area contributed by atoms with Crippen molar-refractivity contribution in [2.24, 2.45) is 0 Å². The van der Waals surface area contributed by atoms with Crippen molar-refractivity contribution < 1.29 is 4.79 Å². The van der Waals surface area contributed by atoms with Crippen LogP contribution >= 0.6 is 0 Å². The van der Waals surface area contributed by atoms with Gasteiger partial charge in [-0.05, 0) is 13.0 Å². The molecule has 0 fully saturated rings. The van der Waals surface area contributed by atoms with Crippen LogP contribution in [0.5, 0.6) is 0 Å². The molecule has 0 bridgehead atoms. The molecule has 68 valence electrons. The van der Waals surface area contributed by atoms with Crippen molar-refractivity contribution >= 4 is 6.29 Å². The lowest BCUT2D eigenvalue weighted by Gasteiger charge is -1.72. The first-order chi connectivity index (χ1) is 6.41. The number of hydrogen-bond donors (Lipinski definition) is 0. The quantitative estimate of drug-likeness (QED) is 0.356. The fourth-order valence-corrected chi connectivity index (χ4v) is 0.606. The fraction of sp³-hybridized carbons (Fsp3) is 0.0833. The van der Waals surface area contributed by atoms with Gasteiger partial charge in [-0.25, -0.2) is 0 Å². The van der Waals surface area contributed by atoms with Gasteiger partial charge in [0.15, 0.2) is 0 Å². The third-order valence-corrected chi connectivity index (χ3v) is 1.16. The van der Waals surface area contributed by atoms with Gasteiger partial charge in [-0.3, -0.25) is 4.79 Å². The summed E-state index contributed by atoms with van der Waals surface area (Å²) in [6.45, 7) is 1.97. The molecule has 13 heavy (non-hydrogen) atoms. The van der Waals surface area contributed by atoms with E-state index < -0.39 is 0 Å². The van der Waals surface area contributed by atoms with Crippen molar-refractivity contribution in [1.82, 2.24) is 0 Å². The Morgan fingerprint density at radius 3 is 1.38 bits per heavy atom. The van der Waals surface area contributed by atoms with Gasteiger partial charge in [0.2, 0.25) is 0 Å². The molecule has 0 radical (unpaired) electrons. The van der Waals surface area contributed by atoms with E-state index in [9.17, 15) is 4.79 Å². The van der Waals surface area contributed by atoms with E-state index in [0.29, 0.717) is 0 Å². The molecule has 1 nitrogen and oxygen atoms in total. The second-order valence-electron chi connectivity index (χ2n) is 2.20. The van der Waals surface area contributed by atoms with E-state index in [2.05, 4.69) is 0 Å². The molecule has 0 spiro atoms. The van der Waals surface area contributed by atoms with Gasteiger partial charge < -0.3 is 0 Å². The molecule has 0 aliphatic carbocycles. The first-order valence-electron chi connectivity index (χ1n) is 4.15. The third kappa shape index (κ3) is 10.4. The zero-order valence-electron chi connectivity index (χ0n) is 7.76. The molecule has 0 unspecified atom stereocenters. The van der Waals surface area contributed by atoms with Crippen LogP contribution in [-0.4, -0.2) is 6.29 Å². The van der Waals surface area contributed by atoms with Crippen LogP contribution in [0.3, 0.4) is 0 Å². The summed E-state index contributed by atoms with van der Waals surface area (Å²) in [5.74, 6) is 0. The van der Waals surface area contributed by atoms with Crippen LogP contribution in [0.2, 0.25) is 0 Å². The highest BCUT2D eigenvalue weighted by Crippen LogP contribution is 1.82. The molecule has 1 heteroatoms. The van der Waals surface area contributed by atoms with Gasteiger partial charge in [-0.2, -0.15) is 0 Å². The van der Waals surface area contributed by atoms with Gasteiger partial charge in [0, 0.05) is 0 Å². The Morgan fingerprint density at radius 1 is 0.615 bits per heavy atom. The molecular weight excluding hydrogens is 160 g/mol. The molecule has 0 amide bonds. The lowest BCUT2D eigenvalue weighted by Crippen LogP contribution is -1.55. The van der Waals surface area contributed by atoms with Crippen molar-refractivity contribution in [3.63, 3.8) is 0 Å². The fourth-order valence-electron chi connectivity index (χ4n) is 0.606. The topological polar surface area (TPSA) is 17.1 Å². The van der Waals surface area contributed by atoms with E-state index >= 15 is 0 Å². The maximum Gasteiger partial charge on any atom is 0.142 e. The van der Waals surface area contributed by atoms with Crippen LogP contribution in [0.15, 0.2) is 60.8 Å². The Bertz CT molecular complexity index is 252. The normalized spacial score (nSPS) is 13.3. The van der Waals surface area contributed by atoms with Crippen LogP contribution in [0.1, 0.15) is 6.92 Å². The Hall–Kier alpha value is -1.63. The third-order valence-electron chi connectivity index (χ3n) is 1.16. The highest BCUT2D eigenvalue weighted by atomic mass is 16.1. The summed E-state index contributed by atoms with van der Waals surface area (Å²) < 4.78 is 0. The number of allylic oxidation sites excluding steroid dienone is 10. The monoisotopic (exact) mass is 174 g/mol. The standard InChI is InChI=1S/C12H14O/c1-2-3-4-5-6-7-8-9-10-11-12-13/h2-12H,1H3/b3-2+,5-4+,7-6+,9-8+,11-10+. The number of hydrogen-bond acceptors (Lipinski definition) is 1. The van der Waals surface area contributed by atoms with Crippen LogP contribution in [0.25, 0.3) is 0 Å². The summed E-state index contributed by atoms with van der Waals surface area (Å²) in [5, 5.41) is 0. The number of aldehydes is 1. The zero-order chi connectivity index (χ0) is 9.78. The SMILES string of the molecule is C/C=C/C=C/C=C/C=C/C=C/C=O. The first-order valence-corrected chi connectivity index (χ1v) is 4.15. The number of rotatable bonds is 5. The summed E-state index contributed by atoms with van der Waals surface area (Å²) in [6.07, 6.45) is 19.2. The van der Waals surface area contributed by atoms with Crippen molar-refractivity contribution in [1.29, 1.82) is 0 Å². The molecule has 0 saturated heterocycles. The van der Waals surface area contributed by atoms with E-state index in [1.807, 2.05) is 49.5 Å². The molecule has 0 aromatic heterocycles. The van der Waals surface area contributed by atoms with E-state index in [0.717, 1.165) is 6.29 Å². The van der Waals surface area contributed by atoms with E-state index in [-0.39, 0.29) is 0 Å². The average Bonchev–Trinajstić information content (AvgIpc) is 2.16. The second kappa shape index (κ2) is 10.4. The molecular formula is C12H14O. The molecule has 0 heterocycles. The van der Waals surface area contributed by atoms with Gasteiger partial charge in [0.25, 0.3) is 0 Å². The average molecular weight is 174 g/mol. The van der Waals surface area contributed by atoms with E-state index in [1.54, 1.807) is 12.2 Å². The van der Waals surface area contributed by atoms with Crippen molar-refractivity contribution in [2.45, 2.75) is 6.92 Å². The highest BCUT2D eigenvalue weighted by Gasteiger charge is 1.62. The molecule has 0 N–H and O–H groups in total. The van der Waals surface area contributed by atoms with Gasteiger partial charge in [-0.1, -0.05) is 54.7 Å². The molecule has 0 rings (SSSR count). The van der Waals surface area contributed by atoms with Gasteiger partial charge in [-0.15, -0.1) is 0 Å². The predicted molar refractivity (Wildman–Crippen MR) is 57.4 cm³/mol. The van der Waals surface area contributed by atoms with Crippen LogP contribution < -0.4 is 0 Å².